The summed E-state index contributed by atoms with van der Waals surface area (Å²) >= 11 is 0. The number of benzene rings is 4. The van der Waals surface area contributed by atoms with Crippen molar-refractivity contribution >= 4 is 11.1 Å². The molecule has 0 spiro atoms. The van der Waals surface area contributed by atoms with Gasteiger partial charge in [-0.15, -0.1) is 0 Å². The molecule has 0 saturated heterocycles. The smallest absolute Gasteiger partial charge is 0.118 e. The molecular weight excluding hydrogens is 368 g/mol. The summed E-state index contributed by atoms with van der Waals surface area (Å²) in [6, 6.07) is 37.2. The zero-order chi connectivity index (χ0) is 20.8. The zero-order valence-electron chi connectivity index (χ0n) is 17.0. The summed E-state index contributed by atoms with van der Waals surface area (Å²) < 4.78 is 5.37. The van der Waals surface area contributed by atoms with Crippen LogP contribution in [-0.4, -0.2) is 12.2 Å². The lowest BCUT2D eigenvalue weighted by atomic mass is 9.85. The first kappa shape index (κ1) is 19.7. The van der Waals surface area contributed by atoms with Crippen LogP contribution in [0, 0.1) is 0 Å². The van der Waals surface area contributed by atoms with Gasteiger partial charge in [0.15, 0.2) is 0 Å². The number of hydrogen-bond acceptors (Lipinski definition) is 2. The highest BCUT2D eigenvalue weighted by Crippen LogP contribution is 2.37. The molecule has 0 aromatic heterocycles. The fourth-order valence-corrected chi connectivity index (χ4v) is 3.65. The predicted octanol–water partition coefficient (Wildman–Crippen LogP) is 6.19. The van der Waals surface area contributed by atoms with Gasteiger partial charge in [-0.1, -0.05) is 97.1 Å². The third-order valence-electron chi connectivity index (χ3n) is 5.18. The van der Waals surface area contributed by atoms with Gasteiger partial charge in [-0.3, -0.25) is 0 Å². The Labute approximate surface area is 177 Å². The standard InChI is InChI=1S/C28H24O2/c1-30-26-18-16-25(17-19-26)28(23-10-6-3-7-11-23)27(22-8-4-2-5-9-22)24-14-12-21(20-29)13-15-24/h2-19,29H,20H2,1H3/b28-27+. The van der Waals surface area contributed by atoms with Crippen molar-refractivity contribution in [1.82, 2.24) is 0 Å². The second-order valence-electron chi connectivity index (χ2n) is 7.07. The molecule has 0 heterocycles. The normalized spacial score (nSPS) is 11.7. The maximum atomic E-state index is 9.47. The van der Waals surface area contributed by atoms with Crippen LogP contribution in [0.15, 0.2) is 109 Å². The van der Waals surface area contributed by atoms with Crippen molar-refractivity contribution in [2.24, 2.45) is 0 Å². The molecule has 2 heteroatoms. The van der Waals surface area contributed by atoms with E-state index in [9.17, 15) is 5.11 Å². The highest BCUT2D eigenvalue weighted by molar-refractivity contribution is 6.04. The Kier molecular flexibility index (Phi) is 6.07. The highest BCUT2D eigenvalue weighted by atomic mass is 16.5. The average molecular weight is 392 g/mol. The van der Waals surface area contributed by atoms with Crippen molar-refractivity contribution in [2.45, 2.75) is 6.61 Å². The third-order valence-corrected chi connectivity index (χ3v) is 5.18. The molecule has 4 rings (SSSR count). The highest BCUT2D eigenvalue weighted by Gasteiger charge is 2.16. The first-order chi connectivity index (χ1) is 14.8. The van der Waals surface area contributed by atoms with Crippen LogP contribution in [0.5, 0.6) is 5.75 Å². The topological polar surface area (TPSA) is 29.5 Å². The van der Waals surface area contributed by atoms with Crippen molar-refractivity contribution in [3.63, 3.8) is 0 Å². The van der Waals surface area contributed by atoms with Gasteiger partial charge in [0.25, 0.3) is 0 Å². The maximum absolute atomic E-state index is 9.47. The minimum absolute atomic E-state index is 0.0364. The van der Waals surface area contributed by atoms with Crippen LogP contribution in [0.3, 0.4) is 0 Å². The Morgan fingerprint density at radius 2 is 0.967 bits per heavy atom. The number of hydrogen-bond donors (Lipinski definition) is 1. The largest absolute Gasteiger partial charge is 0.497 e. The van der Waals surface area contributed by atoms with Crippen LogP contribution in [0.1, 0.15) is 27.8 Å². The summed E-state index contributed by atoms with van der Waals surface area (Å²) in [6.07, 6.45) is 0. The molecule has 0 fully saturated rings. The SMILES string of the molecule is COc1ccc(/C(=C(\c2ccccc2)c2ccc(CO)cc2)c2ccccc2)cc1. The maximum Gasteiger partial charge on any atom is 0.118 e. The van der Waals surface area contributed by atoms with Gasteiger partial charge >= 0.3 is 0 Å². The minimum atomic E-state index is 0.0364. The molecule has 1 N–H and O–H groups in total. The molecular formula is C28H24O2. The van der Waals surface area contributed by atoms with Crippen LogP contribution in [0.4, 0.5) is 0 Å². The first-order valence-electron chi connectivity index (χ1n) is 10.00. The molecule has 0 radical (unpaired) electrons. The van der Waals surface area contributed by atoms with E-state index in [-0.39, 0.29) is 6.61 Å². The number of aliphatic hydroxyl groups excluding tert-OH is 1. The molecule has 0 aliphatic heterocycles. The van der Waals surface area contributed by atoms with Gasteiger partial charge in [0.05, 0.1) is 13.7 Å². The number of ether oxygens (including phenoxy) is 1. The Morgan fingerprint density at radius 3 is 1.37 bits per heavy atom. The summed E-state index contributed by atoms with van der Waals surface area (Å²) in [6.45, 7) is 0.0364. The second-order valence-corrected chi connectivity index (χ2v) is 7.07. The Balaban J connectivity index is 2.03. The van der Waals surface area contributed by atoms with E-state index < -0.39 is 0 Å². The van der Waals surface area contributed by atoms with Crippen LogP contribution in [0.2, 0.25) is 0 Å². The average Bonchev–Trinajstić information content (AvgIpc) is 2.84. The van der Waals surface area contributed by atoms with Crippen LogP contribution >= 0.6 is 0 Å². The summed E-state index contributed by atoms with van der Waals surface area (Å²) in [5.74, 6) is 0.833. The number of methoxy groups -OCH3 is 1. The van der Waals surface area contributed by atoms with Gasteiger partial charge in [-0.25, -0.2) is 0 Å². The third kappa shape index (κ3) is 4.19. The number of rotatable bonds is 6. The quantitative estimate of drug-likeness (QED) is 0.396. The summed E-state index contributed by atoms with van der Waals surface area (Å²) in [5, 5.41) is 9.47. The molecule has 0 aliphatic carbocycles. The van der Waals surface area contributed by atoms with Crippen LogP contribution in [0.25, 0.3) is 11.1 Å². The molecule has 148 valence electrons. The Bertz CT molecular complexity index is 1020. The van der Waals surface area contributed by atoms with Crippen molar-refractivity contribution < 1.29 is 9.84 Å². The van der Waals surface area contributed by atoms with Gasteiger partial charge in [-0.05, 0) is 51.1 Å². The van der Waals surface area contributed by atoms with Gasteiger partial charge < -0.3 is 9.84 Å². The summed E-state index contributed by atoms with van der Waals surface area (Å²) in [7, 11) is 1.68. The molecule has 0 saturated carbocycles. The van der Waals surface area contributed by atoms with Crippen LogP contribution < -0.4 is 4.74 Å². The molecule has 30 heavy (non-hydrogen) atoms. The van der Waals surface area contributed by atoms with Crippen molar-refractivity contribution in [1.29, 1.82) is 0 Å². The molecule has 2 nitrogen and oxygen atoms in total. The van der Waals surface area contributed by atoms with E-state index >= 15 is 0 Å². The van der Waals surface area contributed by atoms with Crippen LogP contribution in [-0.2, 0) is 6.61 Å². The lowest BCUT2D eigenvalue weighted by molar-refractivity contribution is 0.282. The van der Waals surface area contributed by atoms with E-state index in [1.54, 1.807) is 7.11 Å². The van der Waals surface area contributed by atoms with Crippen molar-refractivity contribution in [3.05, 3.63) is 137 Å². The van der Waals surface area contributed by atoms with Gasteiger partial charge in [0, 0.05) is 0 Å². The summed E-state index contributed by atoms with van der Waals surface area (Å²) in [4.78, 5) is 0. The van der Waals surface area contributed by atoms with E-state index in [4.69, 9.17) is 4.74 Å². The monoisotopic (exact) mass is 392 g/mol. The molecule has 0 unspecified atom stereocenters. The van der Waals surface area contributed by atoms with E-state index in [1.807, 2.05) is 36.4 Å². The Hall–Kier alpha value is -3.62. The molecule has 0 bridgehead atoms. The Morgan fingerprint density at radius 1 is 0.567 bits per heavy atom. The number of aliphatic hydroxyl groups is 1. The zero-order valence-corrected chi connectivity index (χ0v) is 17.0. The molecule has 4 aromatic rings. The molecule has 4 aromatic carbocycles. The minimum Gasteiger partial charge on any atom is -0.497 e. The fourth-order valence-electron chi connectivity index (χ4n) is 3.65. The van der Waals surface area contributed by atoms with Crippen molar-refractivity contribution in [2.75, 3.05) is 7.11 Å². The lowest BCUT2D eigenvalue weighted by Gasteiger charge is -2.18. The van der Waals surface area contributed by atoms with E-state index in [2.05, 4.69) is 72.8 Å². The van der Waals surface area contributed by atoms with Gasteiger partial charge in [0.1, 0.15) is 5.75 Å². The second kappa shape index (κ2) is 9.25. The van der Waals surface area contributed by atoms with Gasteiger partial charge in [0.2, 0.25) is 0 Å². The van der Waals surface area contributed by atoms with Crippen molar-refractivity contribution in [3.8, 4) is 5.75 Å². The first-order valence-corrected chi connectivity index (χ1v) is 10.00. The van der Waals surface area contributed by atoms with E-state index in [0.29, 0.717) is 0 Å². The van der Waals surface area contributed by atoms with E-state index in [0.717, 1.165) is 44.7 Å². The summed E-state index contributed by atoms with van der Waals surface area (Å²) in [5.41, 5.74) is 7.71. The lowest BCUT2D eigenvalue weighted by Crippen LogP contribution is -1.98. The van der Waals surface area contributed by atoms with Gasteiger partial charge in [-0.2, -0.15) is 0 Å². The van der Waals surface area contributed by atoms with E-state index in [1.165, 1.54) is 0 Å². The molecule has 0 atom stereocenters. The fraction of sp³-hybridized carbons (Fsp3) is 0.0714. The predicted molar refractivity (Wildman–Crippen MR) is 123 cm³/mol. The molecule has 0 aliphatic rings. The molecule has 0 amide bonds.